The van der Waals surface area contributed by atoms with Crippen LogP contribution >= 0.6 is 11.8 Å². The van der Waals surface area contributed by atoms with Crippen LogP contribution in [-0.2, 0) is 9.53 Å². The first-order valence-electron chi connectivity index (χ1n) is 10.8. The van der Waals surface area contributed by atoms with Gasteiger partial charge in [-0.1, -0.05) is 30.3 Å². The number of carbonyl (C=O) groups excluding carboxylic acids is 1. The Morgan fingerprint density at radius 1 is 1.13 bits per heavy atom. The lowest BCUT2D eigenvalue weighted by Crippen LogP contribution is -2.50. The number of para-hydroxylation sites is 2. The Morgan fingerprint density at radius 2 is 1.84 bits per heavy atom. The Hall–Kier alpha value is -2.22. The molecule has 0 aromatic heterocycles. The van der Waals surface area contributed by atoms with Crippen LogP contribution in [0, 0.1) is 0 Å². The van der Waals surface area contributed by atoms with E-state index in [0.29, 0.717) is 12.2 Å². The van der Waals surface area contributed by atoms with Crippen LogP contribution in [0.2, 0.25) is 0 Å². The first-order valence-corrected chi connectivity index (χ1v) is 11.6. The number of nitrogens with zero attached hydrogens (tertiary/aromatic N) is 2. The summed E-state index contributed by atoms with van der Waals surface area (Å²) in [5.41, 5.74) is 1.27. The van der Waals surface area contributed by atoms with Gasteiger partial charge in [0.15, 0.2) is 0 Å². The fraction of sp³-hybridized carbons (Fsp3) is 0.458. The largest absolute Gasteiger partial charge is 0.490 e. The van der Waals surface area contributed by atoms with Crippen molar-refractivity contribution in [1.29, 1.82) is 0 Å². The van der Waals surface area contributed by atoms with Crippen molar-refractivity contribution in [3.8, 4) is 5.75 Å². The highest BCUT2D eigenvalue weighted by Gasteiger charge is 2.49. The van der Waals surface area contributed by atoms with E-state index in [0.717, 1.165) is 44.0 Å². The summed E-state index contributed by atoms with van der Waals surface area (Å²) in [4.78, 5) is 18.6. The maximum Gasteiger partial charge on any atom is 0.325 e. The van der Waals surface area contributed by atoms with Gasteiger partial charge < -0.3 is 19.5 Å². The number of thioether (sulfide) groups is 1. The number of fused-ring (bicyclic) bond motifs is 1. The molecular weight excluding hydrogens is 412 g/mol. The topological polar surface area (TPSA) is 62.2 Å². The fourth-order valence-corrected chi connectivity index (χ4v) is 5.71. The van der Waals surface area contributed by atoms with Gasteiger partial charge in [0.25, 0.3) is 0 Å². The third-order valence-electron chi connectivity index (χ3n) is 6.12. The maximum atomic E-state index is 12.9. The highest BCUT2D eigenvalue weighted by atomic mass is 32.2. The molecule has 0 spiro atoms. The second-order valence-electron chi connectivity index (χ2n) is 8.02. The molecular formula is C24H30N2O4S. The summed E-state index contributed by atoms with van der Waals surface area (Å²) in [6, 6.07) is 18.1. The van der Waals surface area contributed by atoms with Gasteiger partial charge in [0.2, 0.25) is 0 Å². The van der Waals surface area contributed by atoms with Gasteiger partial charge in [-0.25, -0.2) is 0 Å². The van der Waals surface area contributed by atoms with E-state index in [4.69, 9.17) is 9.47 Å². The van der Waals surface area contributed by atoms with Gasteiger partial charge >= 0.3 is 5.97 Å². The SMILES string of the molecule is COC(=O)C1(CCCN2CCN(c3ccccc3)CC2)Sc2ccccc2OCC1O. The van der Waals surface area contributed by atoms with E-state index in [-0.39, 0.29) is 12.6 Å². The average molecular weight is 443 g/mol. The number of piperazine rings is 1. The van der Waals surface area contributed by atoms with Crippen molar-refractivity contribution in [2.45, 2.75) is 28.6 Å². The summed E-state index contributed by atoms with van der Waals surface area (Å²) < 4.78 is 9.85. The van der Waals surface area contributed by atoms with E-state index in [1.54, 1.807) is 0 Å². The number of aliphatic hydroxyl groups excluding tert-OH is 1. The molecule has 1 saturated heterocycles. The molecule has 0 amide bonds. The van der Waals surface area contributed by atoms with Crippen molar-refractivity contribution >= 4 is 23.4 Å². The monoisotopic (exact) mass is 442 g/mol. The zero-order chi connectivity index (χ0) is 21.7. The standard InChI is InChI=1S/C24H30N2O4S/c1-29-23(28)24(22(27)18-30-20-10-5-6-11-21(20)31-24)12-7-13-25-14-16-26(17-15-25)19-8-3-2-4-9-19/h2-6,8-11,22,27H,7,12-18H2,1H3. The van der Waals surface area contributed by atoms with Gasteiger partial charge in [-0.05, 0) is 43.7 Å². The number of aliphatic hydroxyl groups is 1. The van der Waals surface area contributed by atoms with Crippen LogP contribution in [-0.4, -0.2) is 73.3 Å². The minimum atomic E-state index is -1.06. The molecule has 2 aliphatic heterocycles. The Labute approximate surface area is 188 Å². The number of methoxy groups -OCH3 is 1. The summed E-state index contributed by atoms with van der Waals surface area (Å²) in [6.45, 7) is 4.92. The normalized spacial score (nSPS) is 24.1. The number of benzene rings is 2. The summed E-state index contributed by atoms with van der Waals surface area (Å²) in [5, 5.41) is 10.9. The lowest BCUT2D eigenvalue weighted by molar-refractivity contribution is -0.147. The van der Waals surface area contributed by atoms with Crippen molar-refractivity contribution < 1.29 is 19.4 Å². The zero-order valence-electron chi connectivity index (χ0n) is 17.9. The number of anilines is 1. The van der Waals surface area contributed by atoms with Crippen LogP contribution in [0.25, 0.3) is 0 Å². The maximum absolute atomic E-state index is 12.9. The average Bonchev–Trinajstić information content (AvgIpc) is 2.97. The van der Waals surface area contributed by atoms with Gasteiger partial charge in [-0.15, -0.1) is 11.8 Å². The quantitative estimate of drug-likeness (QED) is 0.690. The second-order valence-corrected chi connectivity index (χ2v) is 9.40. The molecule has 166 valence electrons. The van der Waals surface area contributed by atoms with E-state index >= 15 is 0 Å². The summed E-state index contributed by atoms with van der Waals surface area (Å²) in [6.07, 6.45) is 0.390. The number of rotatable bonds is 6. The molecule has 2 heterocycles. The predicted molar refractivity (Wildman–Crippen MR) is 123 cm³/mol. The van der Waals surface area contributed by atoms with E-state index in [1.807, 2.05) is 30.3 Å². The van der Waals surface area contributed by atoms with E-state index in [2.05, 4.69) is 34.1 Å². The molecule has 2 atom stereocenters. The molecule has 2 aromatic rings. The number of ether oxygens (including phenoxy) is 2. The number of carbonyl (C=O) groups is 1. The van der Waals surface area contributed by atoms with Gasteiger partial charge in [-0.2, -0.15) is 0 Å². The van der Waals surface area contributed by atoms with Crippen molar-refractivity contribution in [3.05, 3.63) is 54.6 Å². The van der Waals surface area contributed by atoms with Crippen LogP contribution in [0.3, 0.4) is 0 Å². The van der Waals surface area contributed by atoms with Gasteiger partial charge in [0, 0.05) is 31.9 Å². The summed E-state index contributed by atoms with van der Waals surface area (Å²) in [5.74, 6) is 0.313. The van der Waals surface area contributed by atoms with Gasteiger partial charge in [0.05, 0.1) is 12.0 Å². The van der Waals surface area contributed by atoms with Gasteiger partial charge in [-0.3, -0.25) is 9.69 Å². The van der Waals surface area contributed by atoms with E-state index in [1.165, 1.54) is 24.6 Å². The van der Waals surface area contributed by atoms with Crippen LogP contribution < -0.4 is 9.64 Å². The molecule has 31 heavy (non-hydrogen) atoms. The smallest absolute Gasteiger partial charge is 0.325 e. The fourth-order valence-electron chi connectivity index (χ4n) is 4.33. The van der Waals surface area contributed by atoms with Crippen LogP contribution in [0.15, 0.2) is 59.5 Å². The molecule has 7 heteroatoms. The molecule has 0 aliphatic carbocycles. The number of esters is 1. The number of hydrogen-bond donors (Lipinski definition) is 1. The van der Waals surface area contributed by atoms with Crippen molar-refractivity contribution in [2.75, 3.05) is 51.3 Å². The van der Waals surface area contributed by atoms with Crippen molar-refractivity contribution in [1.82, 2.24) is 4.90 Å². The summed E-state index contributed by atoms with van der Waals surface area (Å²) in [7, 11) is 1.39. The second kappa shape index (κ2) is 9.94. The molecule has 2 aliphatic rings. The molecule has 1 fully saturated rings. The molecule has 2 aromatic carbocycles. The van der Waals surface area contributed by atoms with Crippen molar-refractivity contribution in [2.24, 2.45) is 0 Å². The molecule has 2 unspecified atom stereocenters. The predicted octanol–water partition coefficient (Wildman–Crippen LogP) is 3.05. The van der Waals surface area contributed by atoms with Crippen LogP contribution in [0.4, 0.5) is 5.69 Å². The Balaban J connectivity index is 1.38. The first-order chi connectivity index (χ1) is 15.1. The van der Waals surface area contributed by atoms with Crippen LogP contribution in [0.1, 0.15) is 12.8 Å². The summed E-state index contributed by atoms with van der Waals surface area (Å²) >= 11 is 1.37. The Kier molecular flexibility index (Phi) is 7.05. The molecule has 0 radical (unpaired) electrons. The lowest BCUT2D eigenvalue weighted by Gasteiger charge is -2.37. The first kappa shape index (κ1) is 22.0. The van der Waals surface area contributed by atoms with E-state index < -0.39 is 10.9 Å². The molecule has 0 bridgehead atoms. The molecule has 1 N–H and O–H groups in total. The Morgan fingerprint density at radius 3 is 2.58 bits per heavy atom. The molecule has 4 rings (SSSR count). The van der Waals surface area contributed by atoms with Crippen molar-refractivity contribution in [3.63, 3.8) is 0 Å². The molecule has 6 nitrogen and oxygen atoms in total. The minimum absolute atomic E-state index is 0.0782. The minimum Gasteiger partial charge on any atom is -0.490 e. The Bertz CT molecular complexity index is 873. The van der Waals surface area contributed by atoms with Gasteiger partial charge in [0.1, 0.15) is 23.2 Å². The lowest BCUT2D eigenvalue weighted by atomic mass is 9.95. The zero-order valence-corrected chi connectivity index (χ0v) is 18.7. The third kappa shape index (κ3) is 4.84. The van der Waals surface area contributed by atoms with E-state index in [9.17, 15) is 9.90 Å². The van der Waals surface area contributed by atoms with Crippen LogP contribution in [0.5, 0.6) is 5.75 Å². The highest BCUT2D eigenvalue weighted by Crippen LogP contribution is 2.46. The highest BCUT2D eigenvalue weighted by molar-refractivity contribution is 8.01. The third-order valence-corrected chi connectivity index (χ3v) is 7.69. The molecule has 0 saturated carbocycles. The number of hydrogen-bond acceptors (Lipinski definition) is 7.